The van der Waals surface area contributed by atoms with Crippen LogP contribution in [0.25, 0.3) is 0 Å². The highest BCUT2D eigenvalue weighted by atomic mass is 16.1. The van der Waals surface area contributed by atoms with E-state index in [1.54, 1.807) is 6.20 Å². The van der Waals surface area contributed by atoms with Gasteiger partial charge in [-0.2, -0.15) is 0 Å². The Bertz CT molecular complexity index is 399. The van der Waals surface area contributed by atoms with Crippen molar-refractivity contribution in [2.24, 2.45) is 0 Å². The van der Waals surface area contributed by atoms with Gasteiger partial charge in [0.1, 0.15) is 0 Å². The highest BCUT2D eigenvalue weighted by Crippen LogP contribution is 2.25. The van der Waals surface area contributed by atoms with Crippen LogP contribution in [0.1, 0.15) is 24.3 Å². The lowest BCUT2D eigenvalue weighted by Gasteiger charge is -2.29. The van der Waals surface area contributed by atoms with Crippen LogP contribution in [-0.4, -0.2) is 30.0 Å². The number of nitrogens with one attached hydrogen (secondary N) is 1. The highest BCUT2D eigenvalue weighted by Gasteiger charge is 2.19. The van der Waals surface area contributed by atoms with Gasteiger partial charge >= 0.3 is 0 Å². The number of aromatic nitrogens is 1. The molecule has 82 valence electrons. The average molecular weight is 207 g/mol. The molecule has 0 aromatic carbocycles. The van der Waals surface area contributed by atoms with Gasteiger partial charge in [0.15, 0.2) is 0 Å². The van der Waals surface area contributed by atoms with E-state index >= 15 is 0 Å². The third kappa shape index (κ3) is 2.21. The maximum atomic E-state index is 11.1. The van der Waals surface area contributed by atoms with E-state index < -0.39 is 0 Å². The summed E-state index contributed by atoms with van der Waals surface area (Å²) >= 11 is 0. The SMILES string of the molecule is CN1CCCC(c2c[nH]c(=O)c(N)c2)C1. The van der Waals surface area contributed by atoms with Crippen molar-refractivity contribution in [3.05, 3.63) is 28.2 Å². The molecule has 2 heterocycles. The minimum absolute atomic E-state index is 0.192. The topological polar surface area (TPSA) is 62.1 Å². The van der Waals surface area contributed by atoms with Gasteiger partial charge in [0.2, 0.25) is 0 Å². The predicted octanol–water partition coefficient (Wildman–Crippen LogP) is 0.766. The van der Waals surface area contributed by atoms with Crippen molar-refractivity contribution < 1.29 is 0 Å². The smallest absolute Gasteiger partial charge is 0.271 e. The minimum atomic E-state index is -0.192. The summed E-state index contributed by atoms with van der Waals surface area (Å²) in [6, 6.07) is 1.81. The first-order valence-corrected chi connectivity index (χ1v) is 5.33. The Morgan fingerprint density at radius 1 is 1.60 bits per heavy atom. The summed E-state index contributed by atoms with van der Waals surface area (Å²) in [5.74, 6) is 0.503. The number of aromatic amines is 1. The predicted molar refractivity (Wildman–Crippen MR) is 60.9 cm³/mol. The van der Waals surface area contributed by atoms with Crippen molar-refractivity contribution in [3.8, 4) is 0 Å². The molecule has 0 saturated carbocycles. The van der Waals surface area contributed by atoms with Crippen molar-refractivity contribution in [1.82, 2.24) is 9.88 Å². The van der Waals surface area contributed by atoms with E-state index in [-0.39, 0.29) is 5.56 Å². The lowest BCUT2D eigenvalue weighted by Crippen LogP contribution is -2.31. The zero-order chi connectivity index (χ0) is 10.8. The van der Waals surface area contributed by atoms with Gasteiger partial charge in [0, 0.05) is 12.7 Å². The average Bonchev–Trinajstić information content (AvgIpc) is 2.22. The van der Waals surface area contributed by atoms with Gasteiger partial charge in [-0.1, -0.05) is 0 Å². The Labute approximate surface area is 89.1 Å². The summed E-state index contributed by atoms with van der Waals surface area (Å²) in [6.45, 7) is 2.21. The van der Waals surface area contributed by atoms with E-state index in [2.05, 4.69) is 16.9 Å². The molecule has 3 N–H and O–H groups in total. The van der Waals surface area contributed by atoms with Crippen LogP contribution in [0.4, 0.5) is 5.69 Å². The van der Waals surface area contributed by atoms with Crippen molar-refractivity contribution >= 4 is 5.69 Å². The number of H-pyrrole nitrogens is 1. The number of nitrogens with zero attached hydrogens (tertiary/aromatic N) is 1. The number of nitrogens with two attached hydrogens (primary N) is 1. The van der Waals surface area contributed by atoms with E-state index in [1.165, 1.54) is 12.8 Å². The van der Waals surface area contributed by atoms with Gasteiger partial charge in [-0.3, -0.25) is 4.79 Å². The molecule has 4 heteroatoms. The van der Waals surface area contributed by atoms with Crippen molar-refractivity contribution in [1.29, 1.82) is 0 Å². The first kappa shape index (κ1) is 10.2. The maximum absolute atomic E-state index is 11.1. The van der Waals surface area contributed by atoms with Crippen LogP contribution >= 0.6 is 0 Å². The normalized spacial score (nSPS) is 22.9. The molecule has 0 aliphatic carbocycles. The van der Waals surface area contributed by atoms with E-state index in [9.17, 15) is 4.79 Å². The number of hydrogen-bond donors (Lipinski definition) is 2. The summed E-state index contributed by atoms with van der Waals surface area (Å²) in [5.41, 5.74) is 6.88. The van der Waals surface area contributed by atoms with E-state index in [1.807, 2.05) is 6.07 Å². The molecule has 1 aromatic heterocycles. The van der Waals surface area contributed by atoms with Crippen LogP contribution in [0.2, 0.25) is 0 Å². The number of pyridine rings is 1. The van der Waals surface area contributed by atoms with Crippen LogP contribution in [0.5, 0.6) is 0 Å². The molecular weight excluding hydrogens is 190 g/mol. The van der Waals surface area contributed by atoms with Gasteiger partial charge in [-0.05, 0) is 44.0 Å². The number of nitrogen functional groups attached to an aromatic ring is 1. The Balaban J connectivity index is 2.21. The van der Waals surface area contributed by atoms with Gasteiger partial charge in [0.25, 0.3) is 5.56 Å². The number of likely N-dealkylation sites (N-methyl/N-ethyl adjacent to an activating group) is 1. The molecule has 1 unspecified atom stereocenters. The fourth-order valence-corrected chi connectivity index (χ4v) is 2.19. The molecule has 1 fully saturated rings. The van der Waals surface area contributed by atoms with Crippen LogP contribution < -0.4 is 11.3 Å². The molecule has 1 aliphatic heterocycles. The van der Waals surface area contributed by atoms with Crippen molar-refractivity contribution in [2.75, 3.05) is 25.9 Å². The zero-order valence-electron chi connectivity index (χ0n) is 8.99. The molecular formula is C11H17N3O. The lowest BCUT2D eigenvalue weighted by molar-refractivity contribution is 0.250. The van der Waals surface area contributed by atoms with Crippen molar-refractivity contribution in [2.45, 2.75) is 18.8 Å². The summed E-state index contributed by atoms with van der Waals surface area (Å²) < 4.78 is 0. The molecule has 2 rings (SSSR count). The monoisotopic (exact) mass is 207 g/mol. The molecule has 15 heavy (non-hydrogen) atoms. The molecule has 0 amide bonds. The Morgan fingerprint density at radius 3 is 3.07 bits per heavy atom. The largest absolute Gasteiger partial charge is 0.394 e. The second kappa shape index (κ2) is 4.06. The molecule has 4 nitrogen and oxygen atoms in total. The fraction of sp³-hybridized carbons (Fsp3) is 0.545. The molecule has 1 saturated heterocycles. The van der Waals surface area contributed by atoms with Gasteiger partial charge < -0.3 is 15.6 Å². The summed E-state index contributed by atoms with van der Waals surface area (Å²) in [5, 5.41) is 0. The standard InChI is InChI=1S/C11H17N3O/c1-14-4-2-3-8(7-14)9-5-10(12)11(15)13-6-9/h5-6,8H,2-4,7,12H2,1H3,(H,13,15). The molecule has 0 radical (unpaired) electrons. The number of hydrogen-bond acceptors (Lipinski definition) is 3. The zero-order valence-corrected chi connectivity index (χ0v) is 8.99. The van der Waals surface area contributed by atoms with Gasteiger partial charge in [-0.15, -0.1) is 0 Å². The van der Waals surface area contributed by atoms with Gasteiger partial charge in [0.05, 0.1) is 5.69 Å². The van der Waals surface area contributed by atoms with Gasteiger partial charge in [-0.25, -0.2) is 0 Å². The van der Waals surface area contributed by atoms with Crippen LogP contribution in [-0.2, 0) is 0 Å². The Kier molecular flexibility index (Phi) is 2.77. The number of likely N-dealkylation sites (tertiary alicyclic amines) is 1. The van der Waals surface area contributed by atoms with E-state index in [0.29, 0.717) is 11.6 Å². The number of rotatable bonds is 1. The van der Waals surface area contributed by atoms with Crippen LogP contribution in [0.15, 0.2) is 17.1 Å². The fourth-order valence-electron chi connectivity index (χ4n) is 2.19. The second-order valence-electron chi connectivity index (χ2n) is 4.32. The molecule has 1 aliphatic rings. The van der Waals surface area contributed by atoms with E-state index in [0.717, 1.165) is 18.7 Å². The molecule has 1 aromatic rings. The Morgan fingerprint density at radius 2 is 2.40 bits per heavy atom. The third-order valence-electron chi connectivity index (χ3n) is 3.05. The summed E-state index contributed by atoms with van der Waals surface area (Å²) in [4.78, 5) is 16.1. The highest BCUT2D eigenvalue weighted by molar-refractivity contribution is 5.38. The summed E-state index contributed by atoms with van der Waals surface area (Å²) in [6.07, 6.45) is 4.18. The quantitative estimate of drug-likeness (QED) is 0.715. The lowest BCUT2D eigenvalue weighted by atomic mass is 9.92. The minimum Gasteiger partial charge on any atom is -0.394 e. The first-order valence-electron chi connectivity index (χ1n) is 5.33. The number of anilines is 1. The second-order valence-corrected chi connectivity index (χ2v) is 4.32. The Hall–Kier alpha value is -1.29. The van der Waals surface area contributed by atoms with Crippen LogP contribution in [0, 0.1) is 0 Å². The van der Waals surface area contributed by atoms with E-state index in [4.69, 9.17) is 5.73 Å². The molecule has 0 bridgehead atoms. The number of piperidine rings is 1. The molecule has 1 atom stereocenters. The maximum Gasteiger partial charge on any atom is 0.271 e. The van der Waals surface area contributed by atoms with Crippen LogP contribution in [0.3, 0.4) is 0 Å². The molecule has 0 spiro atoms. The third-order valence-corrected chi connectivity index (χ3v) is 3.05. The van der Waals surface area contributed by atoms with Crippen molar-refractivity contribution in [3.63, 3.8) is 0 Å². The summed E-state index contributed by atoms with van der Waals surface area (Å²) in [7, 11) is 2.13. The first-order chi connectivity index (χ1) is 7.16.